The first kappa shape index (κ1) is 18.0. The van der Waals surface area contributed by atoms with E-state index < -0.39 is 0 Å². The molecule has 1 heterocycles. The zero-order chi connectivity index (χ0) is 18.4. The summed E-state index contributed by atoms with van der Waals surface area (Å²) in [6.07, 6.45) is 3.04. The van der Waals surface area contributed by atoms with Gasteiger partial charge in [-0.1, -0.05) is 36.4 Å². The number of amides is 2. The van der Waals surface area contributed by atoms with Crippen LogP contribution < -0.4 is 15.5 Å². The van der Waals surface area contributed by atoms with E-state index in [0.717, 1.165) is 25.8 Å². The highest BCUT2D eigenvalue weighted by Crippen LogP contribution is 2.19. The van der Waals surface area contributed by atoms with Crippen LogP contribution in [0.2, 0.25) is 0 Å². The SMILES string of the molecule is CN(C(=O)N[C@H]1CC[C@H](Cc2ccccc2)CN1)c1cccc(C#N)c1. The van der Waals surface area contributed by atoms with E-state index in [1.807, 2.05) is 12.1 Å². The van der Waals surface area contributed by atoms with Crippen molar-refractivity contribution in [2.24, 2.45) is 5.92 Å². The summed E-state index contributed by atoms with van der Waals surface area (Å²) in [4.78, 5) is 14.0. The van der Waals surface area contributed by atoms with Crippen LogP contribution in [0.15, 0.2) is 54.6 Å². The average molecular weight is 348 g/mol. The van der Waals surface area contributed by atoms with E-state index in [1.54, 1.807) is 30.1 Å². The maximum Gasteiger partial charge on any atom is 0.322 e. The number of hydrogen-bond donors (Lipinski definition) is 2. The number of nitrogens with zero attached hydrogens (tertiary/aromatic N) is 2. The Morgan fingerprint density at radius 2 is 2.04 bits per heavy atom. The monoisotopic (exact) mass is 348 g/mol. The fraction of sp³-hybridized carbons (Fsp3) is 0.333. The van der Waals surface area contributed by atoms with Crippen LogP contribution >= 0.6 is 0 Å². The molecule has 134 valence electrons. The third-order valence-electron chi connectivity index (χ3n) is 4.85. The number of rotatable bonds is 4. The van der Waals surface area contributed by atoms with Crippen molar-refractivity contribution in [1.29, 1.82) is 5.26 Å². The molecule has 1 fully saturated rings. The predicted octanol–water partition coefficient (Wildman–Crippen LogP) is 3.27. The third kappa shape index (κ3) is 4.62. The Labute approximate surface area is 154 Å². The zero-order valence-electron chi connectivity index (χ0n) is 15.0. The van der Waals surface area contributed by atoms with E-state index in [9.17, 15) is 4.79 Å². The van der Waals surface area contributed by atoms with Gasteiger partial charge in [0.1, 0.15) is 0 Å². The molecule has 0 bridgehead atoms. The number of carbonyl (C=O) groups excluding carboxylic acids is 1. The van der Waals surface area contributed by atoms with Gasteiger partial charge in [0, 0.05) is 19.3 Å². The van der Waals surface area contributed by atoms with E-state index in [1.165, 1.54) is 5.56 Å². The maximum atomic E-state index is 12.5. The fourth-order valence-corrected chi connectivity index (χ4v) is 3.31. The van der Waals surface area contributed by atoms with Crippen molar-refractivity contribution < 1.29 is 4.79 Å². The summed E-state index contributed by atoms with van der Waals surface area (Å²) in [5.74, 6) is 0.593. The van der Waals surface area contributed by atoms with Crippen molar-refractivity contribution in [3.8, 4) is 6.07 Å². The van der Waals surface area contributed by atoms with Gasteiger partial charge in [0.15, 0.2) is 0 Å². The molecular weight excluding hydrogens is 324 g/mol. The summed E-state index contributed by atoms with van der Waals surface area (Å²) >= 11 is 0. The molecule has 26 heavy (non-hydrogen) atoms. The molecule has 2 aromatic rings. The van der Waals surface area contributed by atoms with Crippen LogP contribution in [0.25, 0.3) is 0 Å². The molecule has 0 saturated carbocycles. The number of piperidine rings is 1. The van der Waals surface area contributed by atoms with Crippen LogP contribution in [0.3, 0.4) is 0 Å². The molecule has 5 heteroatoms. The second-order valence-corrected chi connectivity index (χ2v) is 6.76. The second kappa shape index (κ2) is 8.50. The first-order chi connectivity index (χ1) is 12.7. The van der Waals surface area contributed by atoms with Crippen molar-refractivity contribution in [3.05, 3.63) is 65.7 Å². The quantitative estimate of drug-likeness (QED) is 0.891. The molecule has 1 aliphatic heterocycles. The van der Waals surface area contributed by atoms with Crippen LogP contribution in [-0.4, -0.2) is 25.8 Å². The summed E-state index contributed by atoms with van der Waals surface area (Å²) < 4.78 is 0. The minimum absolute atomic E-state index is 0.0175. The molecule has 2 amide bonds. The van der Waals surface area contributed by atoms with Crippen LogP contribution in [0.5, 0.6) is 0 Å². The molecule has 0 radical (unpaired) electrons. The minimum Gasteiger partial charge on any atom is -0.322 e. The molecule has 2 N–H and O–H groups in total. The molecule has 5 nitrogen and oxygen atoms in total. The largest absolute Gasteiger partial charge is 0.322 e. The fourth-order valence-electron chi connectivity index (χ4n) is 3.31. The topological polar surface area (TPSA) is 68.2 Å². The molecule has 2 atom stereocenters. The number of urea groups is 1. The normalized spacial score (nSPS) is 19.4. The lowest BCUT2D eigenvalue weighted by Gasteiger charge is -2.31. The van der Waals surface area contributed by atoms with E-state index >= 15 is 0 Å². The number of anilines is 1. The van der Waals surface area contributed by atoms with Gasteiger partial charge in [0.2, 0.25) is 0 Å². The molecule has 0 spiro atoms. The van der Waals surface area contributed by atoms with Gasteiger partial charge in [-0.15, -0.1) is 0 Å². The lowest BCUT2D eigenvalue weighted by Crippen LogP contribution is -2.53. The highest BCUT2D eigenvalue weighted by Gasteiger charge is 2.23. The van der Waals surface area contributed by atoms with Gasteiger partial charge < -0.3 is 5.32 Å². The Bertz CT molecular complexity index is 776. The summed E-state index contributed by atoms with van der Waals surface area (Å²) in [7, 11) is 1.72. The number of nitrogens with one attached hydrogen (secondary N) is 2. The van der Waals surface area contributed by atoms with Crippen molar-refractivity contribution in [2.75, 3.05) is 18.5 Å². The van der Waals surface area contributed by atoms with E-state index in [0.29, 0.717) is 17.2 Å². The number of nitriles is 1. The highest BCUT2D eigenvalue weighted by molar-refractivity contribution is 5.91. The molecule has 1 saturated heterocycles. The van der Waals surface area contributed by atoms with Crippen molar-refractivity contribution in [1.82, 2.24) is 10.6 Å². The van der Waals surface area contributed by atoms with Gasteiger partial charge in [-0.2, -0.15) is 5.26 Å². The average Bonchev–Trinajstić information content (AvgIpc) is 2.69. The lowest BCUT2D eigenvalue weighted by molar-refractivity contribution is 0.228. The third-order valence-corrected chi connectivity index (χ3v) is 4.85. The molecule has 3 rings (SSSR count). The number of benzene rings is 2. The Hall–Kier alpha value is -2.84. The molecule has 0 unspecified atom stereocenters. The molecule has 2 aromatic carbocycles. The van der Waals surface area contributed by atoms with Gasteiger partial charge in [0.25, 0.3) is 0 Å². The minimum atomic E-state index is -0.168. The molecular formula is C21H24N4O. The second-order valence-electron chi connectivity index (χ2n) is 6.76. The Morgan fingerprint density at radius 1 is 1.23 bits per heavy atom. The number of carbonyl (C=O) groups is 1. The van der Waals surface area contributed by atoms with Gasteiger partial charge in [0.05, 0.1) is 17.8 Å². The Kier molecular flexibility index (Phi) is 5.88. The molecule has 1 aliphatic rings. The maximum absolute atomic E-state index is 12.5. The van der Waals surface area contributed by atoms with Crippen LogP contribution in [0.1, 0.15) is 24.0 Å². The van der Waals surface area contributed by atoms with Gasteiger partial charge >= 0.3 is 6.03 Å². The van der Waals surface area contributed by atoms with Crippen LogP contribution in [0.4, 0.5) is 10.5 Å². The van der Waals surface area contributed by atoms with Crippen molar-refractivity contribution >= 4 is 11.7 Å². The number of hydrogen-bond acceptors (Lipinski definition) is 3. The Morgan fingerprint density at radius 3 is 2.73 bits per heavy atom. The van der Waals surface area contributed by atoms with Crippen molar-refractivity contribution in [3.63, 3.8) is 0 Å². The smallest absolute Gasteiger partial charge is 0.322 e. The van der Waals surface area contributed by atoms with E-state index in [-0.39, 0.29) is 12.2 Å². The van der Waals surface area contributed by atoms with Gasteiger partial charge in [-0.25, -0.2) is 4.79 Å². The van der Waals surface area contributed by atoms with Gasteiger partial charge in [-0.05, 0) is 48.9 Å². The summed E-state index contributed by atoms with van der Waals surface area (Å²) in [5.41, 5.74) is 2.61. The van der Waals surface area contributed by atoms with E-state index in [2.05, 4.69) is 41.0 Å². The zero-order valence-corrected chi connectivity index (χ0v) is 15.0. The molecule has 0 aliphatic carbocycles. The summed E-state index contributed by atoms with van der Waals surface area (Å²) in [6, 6.07) is 19.5. The summed E-state index contributed by atoms with van der Waals surface area (Å²) in [6.45, 7) is 0.896. The lowest BCUT2D eigenvalue weighted by atomic mass is 9.91. The van der Waals surface area contributed by atoms with Gasteiger partial charge in [-0.3, -0.25) is 10.2 Å². The van der Waals surface area contributed by atoms with Crippen molar-refractivity contribution in [2.45, 2.75) is 25.4 Å². The predicted molar refractivity (Wildman–Crippen MR) is 103 cm³/mol. The Balaban J connectivity index is 1.49. The standard InChI is InChI=1S/C21H24N4O/c1-25(19-9-5-8-17(13-19)14-22)21(26)24-20-11-10-18(15-23-20)12-16-6-3-2-4-7-16/h2-9,13,18,20,23H,10-12,15H2,1H3,(H,24,26)/t18-,20+/m1/s1. The highest BCUT2D eigenvalue weighted by atomic mass is 16.2. The van der Waals surface area contributed by atoms with Crippen LogP contribution in [-0.2, 0) is 6.42 Å². The first-order valence-corrected chi connectivity index (χ1v) is 8.97. The van der Waals surface area contributed by atoms with Crippen LogP contribution in [0, 0.1) is 17.2 Å². The first-order valence-electron chi connectivity index (χ1n) is 8.97. The summed E-state index contributed by atoms with van der Waals surface area (Å²) in [5, 5.41) is 15.5. The van der Waals surface area contributed by atoms with E-state index in [4.69, 9.17) is 5.26 Å². The molecule has 0 aromatic heterocycles.